The van der Waals surface area contributed by atoms with Crippen LogP contribution in [0.15, 0.2) is 0 Å². The van der Waals surface area contributed by atoms with E-state index in [9.17, 15) is 0 Å². The normalized spacial score (nSPS) is 32.0. The Bertz CT molecular complexity index is 288. The number of hydrogen-bond donors (Lipinski definition) is 0. The van der Waals surface area contributed by atoms with Crippen molar-refractivity contribution < 1.29 is 0 Å². The SMILES string of the molecule is CC1(C)C[C@@](C)(I)c2nnsc21. The van der Waals surface area contributed by atoms with Crippen LogP contribution in [0.3, 0.4) is 0 Å². The molecule has 0 saturated heterocycles. The van der Waals surface area contributed by atoms with Crippen LogP contribution >= 0.6 is 34.1 Å². The van der Waals surface area contributed by atoms with Crippen LogP contribution in [0.25, 0.3) is 0 Å². The van der Waals surface area contributed by atoms with E-state index in [0.717, 1.165) is 0 Å². The molecule has 1 aromatic rings. The third kappa shape index (κ3) is 1.11. The zero-order chi connectivity index (χ0) is 8.98. The van der Waals surface area contributed by atoms with Crippen LogP contribution in [-0.2, 0) is 8.84 Å². The molecule has 4 heteroatoms. The first kappa shape index (κ1) is 8.87. The Morgan fingerprint density at radius 1 is 1.42 bits per heavy atom. The predicted molar refractivity (Wildman–Crippen MR) is 58.9 cm³/mol. The molecule has 0 aromatic carbocycles. The van der Waals surface area contributed by atoms with E-state index in [1.54, 1.807) is 11.5 Å². The minimum absolute atomic E-state index is 0.198. The van der Waals surface area contributed by atoms with Gasteiger partial charge < -0.3 is 0 Å². The largest absolute Gasteiger partial charge is 0.141 e. The van der Waals surface area contributed by atoms with Crippen LogP contribution < -0.4 is 0 Å². The molecule has 1 aliphatic rings. The van der Waals surface area contributed by atoms with Gasteiger partial charge in [0.05, 0.1) is 14.0 Å². The molecule has 2 nitrogen and oxygen atoms in total. The summed E-state index contributed by atoms with van der Waals surface area (Å²) in [6.07, 6.45) is 1.18. The summed E-state index contributed by atoms with van der Waals surface area (Å²) in [5.41, 5.74) is 1.48. The highest BCUT2D eigenvalue weighted by molar-refractivity contribution is 14.1. The topological polar surface area (TPSA) is 25.8 Å². The lowest BCUT2D eigenvalue weighted by Crippen LogP contribution is -2.16. The quantitative estimate of drug-likeness (QED) is 0.543. The molecule has 0 bridgehead atoms. The van der Waals surface area contributed by atoms with Crippen LogP contribution in [-0.4, -0.2) is 9.59 Å². The molecule has 0 saturated carbocycles. The van der Waals surface area contributed by atoms with Gasteiger partial charge in [-0.25, -0.2) is 0 Å². The lowest BCUT2D eigenvalue weighted by atomic mass is 9.91. The molecule has 0 aliphatic heterocycles. The second-order valence-electron chi connectivity index (χ2n) is 4.21. The van der Waals surface area contributed by atoms with Crippen molar-refractivity contribution in [2.45, 2.75) is 36.0 Å². The van der Waals surface area contributed by atoms with Gasteiger partial charge in [-0.2, -0.15) is 0 Å². The Balaban J connectivity index is 2.60. The van der Waals surface area contributed by atoms with Gasteiger partial charge in [0.1, 0.15) is 0 Å². The lowest BCUT2D eigenvalue weighted by molar-refractivity contribution is 0.482. The second kappa shape index (κ2) is 2.41. The van der Waals surface area contributed by atoms with Crippen LogP contribution in [0.1, 0.15) is 37.8 Å². The number of fused-ring (bicyclic) bond motifs is 1. The predicted octanol–water partition coefficient (Wildman–Crippen LogP) is 2.87. The summed E-state index contributed by atoms with van der Waals surface area (Å²) in [4.78, 5) is 1.37. The van der Waals surface area contributed by atoms with Crippen LogP contribution in [0.4, 0.5) is 0 Å². The molecule has 66 valence electrons. The molecule has 0 radical (unpaired) electrons. The maximum absolute atomic E-state index is 4.21. The van der Waals surface area contributed by atoms with Crippen molar-refractivity contribution >= 4 is 34.1 Å². The van der Waals surface area contributed by atoms with E-state index < -0.39 is 0 Å². The van der Waals surface area contributed by atoms with E-state index in [2.05, 4.69) is 52.9 Å². The van der Waals surface area contributed by atoms with Gasteiger partial charge in [-0.3, -0.25) is 0 Å². The van der Waals surface area contributed by atoms with Gasteiger partial charge in [0.2, 0.25) is 0 Å². The van der Waals surface area contributed by atoms with E-state index in [4.69, 9.17) is 0 Å². The third-order valence-electron chi connectivity index (χ3n) is 2.37. The second-order valence-corrected chi connectivity index (χ2v) is 7.34. The first-order valence-corrected chi connectivity index (χ1v) is 5.81. The fraction of sp³-hybridized carbons (Fsp3) is 0.750. The number of nitrogens with zero attached hydrogens (tertiary/aromatic N) is 2. The van der Waals surface area contributed by atoms with Crippen molar-refractivity contribution in [1.29, 1.82) is 0 Å². The van der Waals surface area contributed by atoms with Gasteiger partial charge in [-0.15, -0.1) is 5.10 Å². The molecule has 1 atom stereocenters. The molecule has 0 fully saturated rings. The first-order chi connectivity index (χ1) is 5.43. The summed E-state index contributed by atoms with van der Waals surface area (Å²) in [5.74, 6) is 0. The average Bonchev–Trinajstić information content (AvgIpc) is 2.34. The van der Waals surface area contributed by atoms with Crippen molar-refractivity contribution in [3.8, 4) is 0 Å². The van der Waals surface area contributed by atoms with Crippen LogP contribution in [0.5, 0.6) is 0 Å². The monoisotopic (exact) mass is 294 g/mol. The Morgan fingerprint density at radius 2 is 2.08 bits per heavy atom. The highest BCUT2D eigenvalue weighted by atomic mass is 127. The summed E-state index contributed by atoms with van der Waals surface area (Å²) in [6, 6.07) is 0. The summed E-state index contributed by atoms with van der Waals surface area (Å²) < 4.78 is 4.22. The summed E-state index contributed by atoms with van der Waals surface area (Å²) >= 11 is 4.04. The maximum atomic E-state index is 4.21. The Hall–Kier alpha value is 0.290. The van der Waals surface area contributed by atoms with Crippen molar-refractivity contribution in [3.63, 3.8) is 0 Å². The van der Waals surface area contributed by atoms with E-state index in [1.165, 1.54) is 17.0 Å². The number of hydrogen-bond acceptors (Lipinski definition) is 3. The fourth-order valence-electron chi connectivity index (χ4n) is 1.97. The highest BCUT2D eigenvalue weighted by Crippen LogP contribution is 2.53. The zero-order valence-electron chi connectivity index (χ0n) is 7.39. The van der Waals surface area contributed by atoms with Crippen LogP contribution in [0, 0.1) is 0 Å². The number of rotatable bonds is 0. The fourth-order valence-corrected chi connectivity index (χ4v) is 4.36. The average molecular weight is 294 g/mol. The van der Waals surface area contributed by atoms with E-state index in [0.29, 0.717) is 0 Å². The first-order valence-electron chi connectivity index (χ1n) is 3.96. The third-order valence-corrected chi connectivity index (χ3v) is 4.35. The minimum Gasteiger partial charge on any atom is -0.141 e. The van der Waals surface area contributed by atoms with Gasteiger partial charge in [-0.05, 0) is 24.9 Å². The number of alkyl halides is 1. The van der Waals surface area contributed by atoms with E-state index >= 15 is 0 Å². The Kier molecular flexibility index (Phi) is 1.78. The van der Waals surface area contributed by atoms with Crippen molar-refractivity contribution in [2.75, 3.05) is 0 Å². The lowest BCUT2D eigenvalue weighted by Gasteiger charge is -2.20. The molecule has 12 heavy (non-hydrogen) atoms. The molecule has 1 aliphatic carbocycles. The maximum Gasteiger partial charge on any atom is 0.0949 e. The number of halogens is 1. The molecule has 0 spiro atoms. The van der Waals surface area contributed by atoms with Gasteiger partial charge in [0.15, 0.2) is 0 Å². The molecular formula is C8H11IN2S. The van der Waals surface area contributed by atoms with E-state index in [1.807, 2.05) is 0 Å². The molecular weight excluding hydrogens is 283 g/mol. The van der Waals surface area contributed by atoms with Gasteiger partial charge in [0, 0.05) is 5.41 Å². The summed E-state index contributed by atoms with van der Waals surface area (Å²) in [5, 5.41) is 4.21. The zero-order valence-corrected chi connectivity index (χ0v) is 10.4. The van der Waals surface area contributed by atoms with Crippen LogP contribution in [0.2, 0.25) is 0 Å². The van der Waals surface area contributed by atoms with Crippen molar-refractivity contribution in [3.05, 3.63) is 10.6 Å². The smallest absolute Gasteiger partial charge is 0.0949 e. The van der Waals surface area contributed by atoms with Crippen molar-refractivity contribution in [2.24, 2.45) is 0 Å². The van der Waals surface area contributed by atoms with Gasteiger partial charge in [-0.1, -0.05) is 40.9 Å². The molecule has 0 N–H and O–H groups in total. The highest BCUT2D eigenvalue weighted by Gasteiger charge is 2.46. The molecule has 1 aromatic heterocycles. The summed E-state index contributed by atoms with van der Waals surface area (Å²) in [7, 11) is 0. The minimum atomic E-state index is 0.198. The van der Waals surface area contributed by atoms with Gasteiger partial charge in [0.25, 0.3) is 0 Å². The number of aromatic nitrogens is 2. The Labute approximate surface area is 90.1 Å². The summed E-state index contributed by atoms with van der Waals surface area (Å²) in [6.45, 7) is 6.79. The van der Waals surface area contributed by atoms with Gasteiger partial charge >= 0.3 is 0 Å². The standard InChI is InChI=1S/C8H11IN2S/c1-7(2)4-8(3,9)5-6(7)12-11-10-5/h4H2,1-3H3/t8-/m1/s1. The molecule has 0 amide bonds. The Morgan fingerprint density at radius 3 is 2.67 bits per heavy atom. The van der Waals surface area contributed by atoms with Crippen molar-refractivity contribution in [1.82, 2.24) is 9.59 Å². The van der Waals surface area contributed by atoms with E-state index in [-0.39, 0.29) is 8.84 Å². The molecule has 1 heterocycles. The molecule has 0 unspecified atom stereocenters. The molecule has 2 rings (SSSR count).